The summed E-state index contributed by atoms with van der Waals surface area (Å²) in [5.41, 5.74) is 2.32. The Morgan fingerprint density at radius 1 is 1.12 bits per heavy atom. The van der Waals surface area contributed by atoms with Gasteiger partial charge < -0.3 is 5.32 Å². The average Bonchev–Trinajstić information content (AvgIpc) is 2.88. The molecule has 0 saturated carbocycles. The molecule has 0 amide bonds. The van der Waals surface area contributed by atoms with Crippen LogP contribution in [0.5, 0.6) is 0 Å². The Kier molecular flexibility index (Phi) is 5.28. The molecule has 1 aromatic rings. The molecule has 0 spiro atoms. The fourth-order valence-corrected chi connectivity index (χ4v) is 8.53. The number of benzene rings is 1. The number of rotatable bonds is 5. The van der Waals surface area contributed by atoms with Gasteiger partial charge in [-0.15, -0.1) is 0 Å². The van der Waals surface area contributed by atoms with Crippen molar-refractivity contribution in [1.82, 2.24) is 5.32 Å². The Labute approximate surface area is 151 Å². The van der Waals surface area contributed by atoms with Crippen LogP contribution in [0.3, 0.4) is 0 Å². The Hall–Kier alpha value is -0.920. The maximum Gasteiger partial charge on any atom is 0.183 e. The second kappa shape index (κ2) is 7.00. The second-order valence-corrected chi connectivity index (χ2v) is 12.0. The number of aryl methyl sites for hydroxylation is 2. The van der Waals surface area contributed by atoms with Crippen LogP contribution in [0.2, 0.25) is 0 Å². The molecule has 140 valence electrons. The third-order valence-corrected chi connectivity index (χ3v) is 9.28. The molecule has 2 aliphatic rings. The standard InChI is InChI=1S/C18H27NO4S2/c1-13(2)10-19-17-11-24(20,21)12-18(17)25(22,23)16-8-7-14-5-3-4-6-15(14)9-16/h7-9,13,17-19H,3-6,10-12H2,1-2H3/t17-,18-/m0/s1. The Morgan fingerprint density at radius 2 is 1.80 bits per heavy atom. The summed E-state index contributed by atoms with van der Waals surface area (Å²) in [6.07, 6.45) is 4.11. The first-order valence-electron chi connectivity index (χ1n) is 8.98. The van der Waals surface area contributed by atoms with Crippen LogP contribution < -0.4 is 5.32 Å². The lowest BCUT2D eigenvalue weighted by atomic mass is 9.92. The van der Waals surface area contributed by atoms with Gasteiger partial charge in [0, 0.05) is 6.04 Å². The Bertz CT molecular complexity index is 844. The molecule has 5 nitrogen and oxygen atoms in total. The van der Waals surface area contributed by atoms with E-state index in [0.29, 0.717) is 12.5 Å². The van der Waals surface area contributed by atoms with E-state index in [9.17, 15) is 16.8 Å². The number of nitrogens with one attached hydrogen (secondary N) is 1. The molecule has 0 bridgehead atoms. The molecule has 1 saturated heterocycles. The van der Waals surface area contributed by atoms with Gasteiger partial charge in [0.2, 0.25) is 0 Å². The van der Waals surface area contributed by atoms with Crippen molar-refractivity contribution in [2.24, 2.45) is 5.92 Å². The molecule has 1 heterocycles. The summed E-state index contributed by atoms with van der Waals surface area (Å²) < 4.78 is 50.5. The summed E-state index contributed by atoms with van der Waals surface area (Å²) >= 11 is 0. The van der Waals surface area contributed by atoms with Crippen LogP contribution in [0.15, 0.2) is 23.1 Å². The van der Waals surface area contributed by atoms with Gasteiger partial charge in [0.25, 0.3) is 0 Å². The van der Waals surface area contributed by atoms with Crippen LogP contribution >= 0.6 is 0 Å². The first-order chi connectivity index (χ1) is 11.7. The quantitative estimate of drug-likeness (QED) is 0.835. The minimum atomic E-state index is -3.68. The van der Waals surface area contributed by atoms with E-state index in [1.54, 1.807) is 12.1 Å². The van der Waals surface area contributed by atoms with Crippen LogP contribution in [-0.4, -0.2) is 46.2 Å². The van der Waals surface area contributed by atoms with Crippen molar-refractivity contribution in [2.75, 3.05) is 18.1 Å². The van der Waals surface area contributed by atoms with E-state index in [-0.39, 0.29) is 16.4 Å². The predicted molar refractivity (Wildman–Crippen MR) is 99.3 cm³/mol. The highest BCUT2D eigenvalue weighted by atomic mass is 32.2. The topological polar surface area (TPSA) is 80.3 Å². The van der Waals surface area contributed by atoms with Gasteiger partial charge in [-0.05, 0) is 61.4 Å². The summed E-state index contributed by atoms with van der Waals surface area (Å²) in [7, 11) is -7.02. The molecule has 1 aromatic carbocycles. The fraction of sp³-hybridized carbons (Fsp3) is 0.667. The maximum atomic E-state index is 13.2. The second-order valence-electron chi connectivity index (χ2n) is 7.71. The van der Waals surface area contributed by atoms with Crippen LogP contribution in [0.25, 0.3) is 0 Å². The van der Waals surface area contributed by atoms with Gasteiger partial charge in [-0.3, -0.25) is 0 Å². The van der Waals surface area contributed by atoms with Crippen molar-refractivity contribution in [1.29, 1.82) is 0 Å². The van der Waals surface area contributed by atoms with E-state index < -0.39 is 31.0 Å². The minimum absolute atomic E-state index is 0.103. The van der Waals surface area contributed by atoms with E-state index in [0.717, 1.165) is 31.2 Å². The predicted octanol–water partition coefficient (Wildman–Crippen LogP) is 1.75. The molecule has 1 aliphatic carbocycles. The molecule has 25 heavy (non-hydrogen) atoms. The van der Waals surface area contributed by atoms with Crippen LogP contribution in [0.1, 0.15) is 37.8 Å². The van der Waals surface area contributed by atoms with Gasteiger partial charge in [-0.2, -0.15) is 0 Å². The number of fused-ring (bicyclic) bond motifs is 1. The van der Waals surface area contributed by atoms with Gasteiger partial charge in [-0.25, -0.2) is 16.8 Å². The van der Waals surface area contributed by atoms with E-state index in [1.807, 2.05) is 19.9 Å². The van der Waals surface area contributed by atoms with Gasteiger partial charge in [0.15, 0.2) is 19.7 Å². The zero-order chi connectivity index (χ0) is 18.2. The van der Waals surface area contributed by atoms with E-state index in [2.05, 4.69) is 5.32 Å². The number of sulfone groups is 2. The normalized spacial score (nSPS) is 25.9. The number of hydrogen-bond acceptors (Lipinski definition) is 5. The summed E-state index contributed by atoms with van der Waals surface area (Å²) in [5.74, 6) is -0.0630. The third-order valence-electron chi connectivity index (χ3n) is 5.14. The highest BCUT2D eigenvalue weighted by molar-refractivity contribution is 7.96. The Morgan fingerprint density at radius 3 is 2.48 bits per heavy atom. The summed E-state index contributed by atoms with van der Waals surface area (Å²) in [5, 5.41) is 2.26. The SMILES string of the molecule is CC(C)CN[C@H]1CS(=O)(=O)C[C@@H]1S(=O)(=O)c1ccc2c(c1)CCCC2. The van der Waals surface area contributed by atoms with Gasteiger partial charge in [0.05, 0.1) is 21.7 Å². The molecular weight excluding hydrogens is 358 g/mol. The molecule has 2 atom stereocenters. The summed E-state index contributed by atoms with van der Waals surface area (Å²) in [4.78, 5) is 0.270. The van der Waals surface area contributed by atoms with Gasteiger partial charge >= 0.3 is 0 Å². The van der Waals surface area contributed by atoms with Crippen molar-refractivity contribution in [3.8, 4) is 0 Å². The molecule has 3 rings (SSSR count). The maximum absolute atomic E-state index is 13.2. The highest BCUT2D eigenvalue weighted by Gasteiger charge is 2.45. The zero-order valence-corrected chi connectivity index (χ0v) is 16.5. The van der Waals surface area contributed by atoms with Crippen LogP contribution in [0, 0.1) is 5.92 Å². The lowest BCUT2D eigenvalue weighted by molar-refractivity contribution is 0.480. The minimum Gasteiger partial charge on any atom is -0.311 e. The molecule has 0 unspecified atom stereocenters. The monoisotopic (exact) mass is 385 g/mol. The largest absolute Gasteiger partial charge is 0.311 e. The molecule has 1 N–H and O–H groups in total. The van der Waals surface area contributed by atoms with Gasteiger partial charge in [-0.1, -0.05) is 19.9 Å². The molecule has 1 fully saturated rings. The van der Waals surface area contributed by atoms with Crippen LogP contribution in [0.4, 0.5) is 0 Å². The fourth-order valence-electron chi connectivity index (χ4n) is 3.76. The zero-order valence-electron chi connectivity index (χ0n) is 14.9. The lowest BCUT2D eigenvalue weighted by Crippen LogP contribution is -2.44. The Balaban J connectivity index is 1.91. The van der Waals surface area contributed by atoms with Crippen molar-refractivity contribution < 1.29 is 16.8 Å². The van der Waals surface area contributed by atoms with E-state index in [1.165, 1.54) is 5.56 Å². The summed E-state index contributed by atoms with van der Waals surface area (Å²) in [6.45, 7) is 4.64. The molecule has 0 aromatic heterocycles. The molecule has 7 heteroatoms. The highest BCUT2D eigenvalue weighted by Crippen LogP contribution is 2.29. The third kappa shape index (κ3) is 4.09. The average molecular weight is 386 g/mol. The van der Waals surface area contributed by atoms with E-state index in [4.69, 9.17) is 0 Å². The molecular formula is C18H27NO4S2. The molecule has 0 radical (unpaired) electrons. The van der Waals surface area contributed by atoms with Crippen LogP contribution in [-0.2, 0) is 32.5 Å². The molecule has 1 aliphatic heterocycles. The lowest BCUT2D eigenvalue weighted by Gasteiger charge is -2.22. The van der Waals surface area contributed by atoms with Crippen molar-refractivity contribution in [3.63, 3.8) is 0 Å². The first kappa shape index (κ1) is 18.9. The van der Waals surface area contributed by atoms with Crippen molar-refractivity contribution in [3.05, 3.63) is 29.3 Å². The van der Waals surface area contributed by atoms with E-state index >= 15 is 0 Å². The summed E-state index contributed by atoms with van der Waals surface area (Å²) in [6, 6.07) is 4.80. The van der Waals surface area contributed by atoms with Crippen molar-refractivity contribution in [2.45, 2.75) is 55.7 Å². The number of hydrogen-bond donors (Lipinski definition) is 1. The first-order valence-corrected chi connectivity index (χ1v) is 12.4. The smallest absolute Gasteiger partial charge is 0.183 e. The van der Waals surface area contributed by atoms with Gasteiger partial charge in [0.1, 0.15) is 0 Å². The van der Waals surface area contributed by atoms with Crippen molar-refractivity contribution >= 4 is 19.7 Å².